The molecule has 0 atom stereocenters. The number of aryl methyl sites for hydroxylation is 1. The Balaban J connectivity index is 1.77. The van der Waals surface area contributed by atoms with Crippen LogP contribution in [0.15, 0.2) is 58.5 Å². The third-order valence-corrected chi connectivity index (χ3v) is 5.28. The van der Waals surface area contributed by atoms with E-state index >= 15 is 0 Å². The Morgan fingerprint density at radius 3 is 2.50 bits per heavy atom. The van der Waals surface area contributed by atoms with Crippen molar-refractivity contribution in [1.29, 1.82) is 5.26 Å². The molecule has 1 aromatic heterocycles. The smallest absolute Gasteiger partial charge is 0.338 e. The van der Waals surface area contributed by atoms with Crippen LogP contribution in [0.2, 0.25) is 0 Å². The first-order valence-corrected chi connectivity index (χ1v) is 10.5. The zero-order chi connectivity index (χ0) is 21.5. The van der Waals surface area contributed by atoms with Crippen LogP contribution in [0, 0.1) is 18.3 Å². The third kappa shape index (κ3) is 5.16. The molecule has 7 heteroatoms. The summed E-state index contributed by atoms with van der Waals surface area (Å²) in [6.45, 7) is 4.31. The highest BCUT2D eigenvalue weighted by atomic mass is 32.2. The first-order chi connectivity index (χ1) is 14.5. The highest BCUT2D eigenvalue weighted by Gasteiger charge is 2.14. The van der Waals surface area contributed by atoms with Crippen LogP contribution in [-0.4, -0.2) is 22.5 Å². The maximum absolute atomic E-state index is 12.4. The van der Waals surface area contributed by atoms with Crippen molar-refractivity contribution >= 4 is 17.7 Å². The number of benzene rings is 2. The predicted octanol–water partition coefficient (Wildman–Crippen LogP) is 4.48. The summed E-state index contributed by atoms with van der Waals surface area (Å²) in [5.74, 6) is 0.212. The molecule has 0 radical (unpaired) electrons. The van der Waals surface area contributed by atoms with Crippen LogP contribution in [0.25, 0.3) is 11.3 Å². The average molecular weight is 420 g/mol. The summed E-state index contributed by atoms with van der Waals surface area (Å²) in [6, 6.07) is 16.6. The van der Waals surface area contributed by atoms with E-state index < -0.39 is 5.56 Å². The van der Waals surface area contributed by atoms with Crippen molar-refractivity contribution in [2.75, 3.05) is 6.61 Å². The van der Waals surface area contributed by atoms with Crippen molar-refractivity contribution in [2.45, 2.75) is 31.2 Å². The molecule has 0 fully saturated rings. The minimum absolute atomic E-state index is 0.00172. The minimum Gasteiger partial charge on any atom is -0.462 e. The normalized spacial score (nSPS) is 10.4. The number of carbonyl (C=O) groups excluding carboxylic acids is 1. The summed E-state index contributed by atoms with van der Waals surface area (Å²) in [7, 11) is 0. The third-order valence-electron chi connectivity index (χ3n) is 4.34. The summed E-state index contributed by atoms with van der Waals surface area (Å²) in [5, 5.41) is 9.82. The van der Waals surface area contributed by atoms with Crippen molar-refractivity contribution in [3.8, 4) is 17.3 Å². The molecule has 0 amide bonds. The molecule has 2 aromatic carbocycles. The van der Waals surface area contributed by atoms with Gasteiger partial charge in [0, 0.05) is 11.3 Å². The molecule has 3 aromatic rings. The van der Waals surface area contributed by atoms with Crippen molar-refractivity contribution in [3.05, 3.63) is 81.1 Å². The molecule has 0 saturated heterocycles. The van der Waals surface area contributed by atoms with Gasteiger partial charge in [-0.3, -0.25) is 4.79 Å². The standard InChI is InChI=1S/C23H21N3O3S/c1-3-12-29-22(28)18-10-6-16(7-11-18)14-30-23-25-20(19(13-24)21(27)26-23)17-8-4-15(2)5-9-17/h4-11H,3,12,14H2,1-2H3,(H,25,26,27). The van der Waals surface area contributed by atoms with Gasteiger partial charge in [0.2, 0.25) is 0 Å². The molecule has 0 aliphatic rings. The van der Waals surface area contributed by atoms with Crippen molar-refractivity contribution in [3.63, 3.8) is 0 Å². The van der Waals surface area contributed by atoms with Gasteiger partial charge in [-0.15, -0.1) is 0 Å². The van der Waals surface area contributed by atoms with Crippen LogP contribution in [0.4, 0.5) is 0 Å². The molecular weight excluding hydrogens is 398 g/mol. The second kappa shape index (κ2) is 9.90. The van der Waals surface area contributed by atoms with Crippen molar-refractivity contribution < 1.29 is 9.53 Å². The maximum Gasteiger partial charge on any atom is 0.338 e. The quantitative estimate of drug-likeness (QED) is 0.345. The maximum atomic E-state index is 12.4. The first-order valence-electron chi connectivity index (χ1n) is 9.52. The van der Waals surface area contributed by atoms with Crippen LogP contribution in [0.3, 0.4) is 0 Å². The summed E-state index contributed by atoms with van der Waals surface area (Å²) in [5.41, 5.74) is 3.19. The molecule has 30 heavy (non-hydrogen) atoms. The van der Waals surface area contributed by atoms with Gasteiger partial charge in [-0.2, -0.15) is 5.26 Å². The number of nitriles is 1. The van der Waals surface area contributed by atoms with E-state index in [2.05, 4.69) is 9.97 Å². The zero-order valence-corrected chi connectivity index (χ0v) is 17.6. The van der Waals surface area contributed by atoms with Crippen LogP contribution in [0.1, 0.15) is 40.4 Å². The van der Waals surface area contributed by atoms with Gasteiger partial charge in [0.05, 0.1) is 17.9 Å². The van der Waals surface area contributed by atoms with Gasteiger partial charge in [0.15, 0.2) is 5.16 Å². The molecule has 0 saturated carbocycles. The lowest BCUT2D eigenvalue weighted by molar-refractivity contribution is 0.0505. The Labute approximate surface area is 178 Å². The molecule has 1 heterocycles. The molecular formula is C23H21N3O3S. The SMILES string of the molecule is CCCOC(=O)c1ccc(CSc2nc(-c3ccc(C)cc3)c(C#N)c(=O)[nH]2)cc1. The molecule has 0 aliphatic heterocycles. The fraction of sp³-hybridized carbons (Fsp3) is 0.217. The van der Waals surface area contributed by atoms with Crippen molar-refractivity contribution in [2.24, 2.45) is 0 Å². The van der Waals surface area contributed by atoms with E-state index in [0.717, 1.165) is 23.1 Å². The average Bonchev–Trinajstić information content (AvgIpc) is 2.76. The van der Waals surface area contributed by atoms with Gasteiger partial charge < -0.3 is 9.72 Å². The van der Waals surface area contributed by atoms with E-state index in [4.69, 9.17) is 4.74 Å². The second-order valence-electron chi connectivity index (χ2n) is 6.69. The van der Waals surface area contributed by atoms with Gasteiger partial charge in [-0.05, 0) is 31.0 Å². The van der Waals surface area contributed by atoms with Crippen molar-refractivity contribution in [1.82, 2.24) is 9.97 Å². The number of nitrogens with zero attached hydrogens (tertiary/aromatic N) is 2. The molecule has 6 nitrogen and oxygen atoms in total. The zero-order valence-electron chi connectivity index (χ0n) is 16.8. The first kappa shape index (κ1) is 21.3. The molecule has 0 aliphatic carbocycles. The Bertz CT molecular complexity index is 1130. The molecule has 0 bridgehead atoms. The lowest BCUT2D eigenvalue weighted by atomic mass is 10.1. The number of aromatic nitrogens is 2. The molecule has 152 valence electrons. The molecule has 0 spiro atoms. The number of carbonyl (C=O) groups is 1. The van der Waals surface area contributed by atoms with E-state index in [0.29, 0.717) is 28.8 Å². The van der Waals surface area contributed by atoms with Gasteiger partial charge >= 0.3 is 5.97 Å². The summed E-state index contributed by atoms with van der Waals surface area (Å²) < 4.78 is 5.12. The highest BCUT2D eigenvalue weighted by Crippen LogP contribution is 2.24. The van der Waals surface area contributed by atoms with E-state index in [1.54, 1.807) is 12.1 Å². The predicted molar refractivity (Wildman–Crippen MR) is 116 cm³/mol. The number of ether oxygens (including phenoxy) is 1. The number of hydrogen-bond donors (Lipinski definition) is 1. The number of rotatable bonds is 7. The number of hydrogen-bond acceptors (Lipinski definition) is 6. The minimum atomic E-state index is -0.459. The largest absolute Gasteiger partial charge is 0.462 e. The van der Waals surface area contributed by atoms with Gasteiger partial charge in [0.25, 0.3) is 5.56 Å². The second-order valence-corrected chi connectivity index (χ2v) is 7.66. The summed E-state index contributed by atoms with van der Waals surface area (Å²) in [4.78, 5) is 31.4. The highest BCUT2D eigenvalue weighted by molar-refractivity contribution is 7.98. The van der Waals surface area contributed by atoms with Crippen LogP contribution >= 0.6 is 11.8 Å². The molecule has 0 unspecified atom stereocenters. The number of H-pyrrole nitrogens is 1. The lowest BCUT2D eigenvalue weighted by Gasteiger charge is -2.08. The lowest BCUT2D eigenvalue weighted by Crippen LogP contribution is -2.14. The Morgan fingerprint density at radius 1 is 1.17 bits per heavy atom. The summed E-state index contributed by atoms with van der Waals surface area (Å²) >= 11 is 1.35. The molecule has 3 rings (SSSR count). The fourth-order valence-electron chi connectivity index (χ4n) is 2.71. The van der Waals surface area contributed by atoms with E-state index in [9.17, 15) is 14.9 Å². The van der Waals surface area contributed by atoms with Crippen LogP contribution in [0.5, 0.6) is 0 Å². The topological polar surface area (TPSA) is 95.8 Å². The van der Waals surface area contributed by atoms with Gasteiger partial charge in [0.1, 0.15) is 11.6 Å². The molecule has 1 N–H and O–H groups in total. The summed E-state index contributed by atoms with van der Waals surface area (Å²) in [6.07, 6.45) is 0.779. The Morgan fingerprint density at radius 2 is 1.87 bits per heavy atom. The van der Waals surface area contributed by atoms with Gasteiger partial charge in [-0.25, -0.2) is 9.78 Å². The van der Waals surface area contributed by atoms with Crippen LogP contribution < -0.4 is 5.56 Å². The number of thioether (sulfide) groups is 1. The number of esters is 1. The van der Waals surface area contributed by atoms with E-state index in [1.165, 1.54) is 11.8 Å². The van der Waals surface area contributed by atoms with Gasteiger partial charge in [-0.1, -0.05) is 60.6 Å². The van der Waals surface area contributed by atoms with E-state index in [-0.39, 0.29) is 11.5 Å². The monoisotopic (exact) mass is 419 g/mol. The Kier molecular flexibility index (Phi) is 7.04. The number of nitrogens with one attached hydrogen (secondary N) is 1. The Hall–Kier alpha value is -3.37. The number of aromatic amines is 1. The van der Waals surface area contributed by atoms with E-state index in [1.807, 2.05) is 56.3 Å². The fourth-order valence-corrected chi connectivity index (χ4v) is 3.53. The van der Waals surface area contributed by atoms with Crippen LogP contribution in [-0.2, 0) is 10.5 Å².